The van der Waals surface area contributed by atoms with Gasteiger partial charge in [-0.1, -0.05) is 0 Å². The van der Waals surface area contributed by atoms with Gasteiger partial charge in [-0.3, -0.25) is 15.1 Å². The van der Waals surface area contributed by atoms with Gasteiger partial charge in [0.1, 0.15) is 0 Å². The SMILES string of the molecule is CCN(CC)C(=O)N1CCN(CC(=O)NN)CC1. The number of hydrogen-bond donors (Lipinski definition) is 2. The Morgan fingerprint density at radius 1 is 1.17 bits per heavy atom. The van der Waals surface area contributed by atoms with Crippen LogP contribution in [0.1, 0.15) is 13.8 Å². The van der Waals surface area contributed by atoms with E-state index < -0.39 is 0 Å². The molecule has 18 heavy (non-hydrogen) atoms. The highest BCUT2D eigenvalue weighted by Gasteiger charge is 2.24. The van der Waals surface area contributed by atoms with Crippen LogP contribution in [-0.4, -0.2) is 72.5 Å². The Balaban J connectivity index is 2.39. The van der Waals surface area contributed by atoms with Crippen LogP contribution in [0.2, 0.25) is 0 Å². The lowest BCUT2D eigenvalue weighted by molar-refractivity contribution is -0.122. The third-order valence-electron chi connectivity index (χ3n) is 3.20. The molecule has 3 amide bonds. The van der Waals surface area contributed by atoms with Crippen LogP contribution in [0.4, 0.5) is 4.79 Å². The van der Waals surface area contributed by atoms with Gasteiger partial charge in [-0.25, -0.2) is 10.6 Å². The van der Waals surface area contributed by atoms with Crippen molar-refractivity contribution >= 4 is 11.9 Å². The van der Waals surface area contributed by atoms with Crippen LogP contribution in [0.15, 0.2) is 0 Å². The van der Waals surface area contributed by atoms with Gasteiger partial charge in [0.25, 0.3) is 0 Å². The molecule has 1 aliphatic rings. The molecule has 0 bridgehead atoms. The number of nitrogens with one attached hydrogen (secondary N) is 1. The molecule has 1 rings (SSSR count). The smallest absolute Gasteiger partial charge is 0.320 e. The molecule has 0 aromatic rings. The van der Waals surface area contributed by atoms with Crippen LogP contribution in [0.3, 0.4) is 0 Å². The summed E-state index contributed by atoms with van der Waals surface area (Å²) >= 11 is 0. The molecule has 0 radical (unpaired) electrons. The molecule has 0 aliphatic carbocycles. The van der Waals surface area contributed by atoms with Crippen molar-refractivity contribution in [3.8, 4) is 0 Å². The molecule has 0 unspecified atom stereocenters. The van der Waals surface area contributed by atoms with Gasteiger partial charge in [-0.15, -0.1) is 0 Å². The zero-order valence-corrected chi connectivity index (χ0v) is 11.2. The van der Waals surface area contributed by atoms with E-state index in [1.165, 1.54) is 0 Å². The summed E-state index contributed by atoms with van der Waals surface area (Å²) in [5.41, 5.74) is 2.11. The van der Waals surface area contributed by atoms with Crippen LogP contribution in [0, 0.1) is 0 Å². The van der Waals surface area contributed by atoms with Gasteiger partial charge >= 0.3 is 6.03 Å². The molecule has 1 saturated heterocycles. The van der Waals surface area contributed by atoms with Crippen LogP contribution < -0.4 is 11.3 Å². The van der Waals surface area contributed by atoms with E-state index in [-0.39, 0.29) is 11.9 Å². The van der Waals surface area contributed by atoms with Gasteiger partial charge in [0.2, 0.25) is 5.91 Å². The first-order valence-electron chi connectivity index (χ1n) is 6.38. The second-order valence-corrected chi connectivity index (χ2v) is 4.29. The molecular weight excluding hydrogens is 234 g/mol. The van der Waals surface area contributed by atoms with Crippen molar-refractivity contribution in [1.82, 2.24) is 20.1 Å². The average molecular weight is 257 g/mol. The number of hydrazine groups is 1. The summed E-state index contributed by atoms with van der Waals surface area (Å²) in [5, 5.41) is 0. The monoisotopic (exact) mass is 257 g/mol. The number of nitrogens with zero attached hydrogens (tertiary/aromatic N) is 3. The Labute approximate surface area is 108 Å². The molecule has 1 fully saturated rings. The van der Waals surface area contributed by atoms with E-state index in [0.29, 0.717) is 32.7 Å². The van der Waals surface area contributed by atoms with E-state index in [2.05, 4.69) is 5.43 Å². The lowest BCUT2D eigenvalue weighted by atomic mass is 10.3. The summed E-state index contributed by atoms with van der Waals surface area (Å²) in [6.07, 6.45) is 0. The van der Waals surface area contributed by atoms with Gasteiger partial charge in [-0.2, -0.15) is 0 Å². The van der Waals surface area contributed by atoms with Gasteiger partial charge in [-0.05, 0) is 13.8 Å². The predicted molar refractivity (Wildman–Crippen MR) is 68.7 cm³/mol. The molecule has 1 heterocycles. The van der Waals surface area contributed by atoms with Crippen molar-refractivity contribution in [1.29, 1.82) is 0 Å². The van der Waals surface area contributed by atoms with Gasteiger partial charge < -0.3 is 9.80 Å². The zero-order valence-electron chi connectivity index (χ0n) is 11.2. The standard InChI is InChI=1S/C11H23N5O2/c1-3-15(4-2)11(18)16-7-5-14(6-8-16)9-10(17)13-12/h3-9,12H2,1-2H3,(H,13,17). The van der Waals surface area contributed by atoms with E-state index in [1.54, 1.807) is 0 Å². The normalized spacial score (nSPS) is 16.5. The Kier molecular flexibility index (Phi) is 5.87. The minimum atomic E-state index is -0.196. The van der Waals surface area contributed by atoms with Crippen LogP contribution in [0.25, 0.3) is 0 Å². The van der Waals surface area contributed by atoms with Crippen LogP contribution in [-0.2, 0) is 4.79 Å². The number of piperazine rings is 1. The number of rotatable bonds is 4. The van der Waals surface area contributed by atoms with E-state index in [9.17, 15) is 9.59 Å². The van der Waals surface area contributed by atoms with E-state index in [4.69, 9.17) is 5.84 Å². The fourth-order valence-corrected chi connectivity index (χ4v) is 2.04. The maximum atomic E-state index is 12.1. The Morgan fingerprint density at radius 2 is 1.72 bits per heavy atom. The number of urea groups is 1. The molecule has 0 saturated carbocycles. The highest BCUT2D eigenvalue weighted by molar-refractivity contribution is 5.77. The van der Waals surface area contributed by atoms with Crippen molar-refractivity contribution in [2.24, 2.45) is 5.84 Å². The molecule has 7 nitrogen and oxygen atoms in total. The molecular formula is C11H23N5O2. The first-order chi connectivity index (χ1) is 8.62. The summed E-state index contributed by atoms with van der Waals surface area (Å²) in [7, 11) is 0. The number of amides is 3. The van der Waals surface area contributed by atoms with Crippen molar-refractivity contribution in [2.75, 3.05) is 45.8 Å². The Hall–Kier alpha value is -1.34. The molecule has 0 aromatic heterocycles. The molecule has 0 aromatic carbocycles. The number of carbonyl (C=O) groups excluding carboxylic acids is 2. The van der Waals surface area contributed by atoms with Crippen LogP contribution in [0.5, 0.6) is 0 Å². The van der Waals surface area contributed by atoms with Gasteiger partial charge in [0, 0.05) is 39.3 Å². The number of carbonyl (C=O) groups is 2. The highest BCUT2D eigenvalue weighted by atomic mass is 16.2. The summed E-state index contributed by atoms with van der Waals surface area (Å²) < 4.78 is 0. The summed E-state index contributed by atoms with van der Waals surface area (Å²) in [4.78, 5) is 28.8. The average Bonchev–Trinajstić information content (AvgIpc) is 2.40. The van der Waals surface area contributed by atoms with Gasteiger partial charge in [0.15, 0.2) is 0 Å². The fraction of sp³-hybridized carbons (Fsp3) is 0.818. The second-order valence-electron chi connectivity index (χ2n) is 4.29. The van der Waals surface area contributed by atoms with Crippen LogP contribution >= 0.6 is 0 Å². The third-order valence-corrected chi connectivity index (χ3v) is 3.20. The van der Waals surface area contributed by atoms with E-state index in [1.807, 2.05) is 28.5 Å². The molecule has 0 spiro atoms. The first kappa shape index (κ1) is 14.7. The fourth-order valence-electron chi connectivity index (χ4n) is 2.04. The summed E-state index contributed by atoms with van der Waals surface area (Å²) in [6, 6.07) is 0.0860. The van der Waals surface area contributed by atoms with Crippen molar-refractivity contribution in [3.63, 3.8) is 0 Å². The molecule has 7 heteroatoms. The minimum Gasteiger partial charge on any atom is -0.325 e. The summed E-state index contributed by atoms with van der Waals surface area (Å²) in [5.74, 6) is 4.85. The highest BCUT2D eigenvalue weighted by Crippen LogP contribution is 2.05. The van der Waals surface area contributed by atoms with E-state index in [0.717, 1.165) is 13.1 Å². The maximum absolute atomic E-state index is 12.1. The van der Waals surface area contributed by atoms with E-state index >= 15 is 0 Å². The second kappa shape index (κ2) is 7.17. The lowest BCUT2D eigenvalue weighted by Gasteiger charge is -2.36. The molecule has 3 N–H and O–H groups in total. The molecule has 0 atom stereocenters. The van der Waals surface area contributed by atoms with Crippen molar-refractivity contribution in [3.05, 3.63) is 0 Å². The lowest BCUT2D eigenvalue weighted by Crippen LogP contribution is -2.54. The largest absolute Gasteiger partial charge is 0.325 e. The van der Waals surface area contributed by atoms with Gasteiger partial charge in [0.05, 0.1) is 6.54 Å². The third kappa shape index (κ3) is 3.85. The Bertz CT molecular complexity index is 285. The minimum absolute atomic E-state index is 0.0860. The molecule has 1 aliphatic heterocycles. The zero-order chi connectivity index (χ0) is 13.5. The Morgan fingerprint density at radius 3 is 2.17 bits per heavy atom. The molecule has 104 valence electrons. The maximum Gasteiger partial charge on any atom is 0.320 e. The van der Waals surface area contributed by atoms with Crippen molar-refractivity contribution < 1.29 is 9.59 Å². The predicted octanol–water partition coefficient (Wildman–Crippen LogP) is -0.944. The number of hydrogen-bond acceptors (Lipinski definition) is 4. The quantitative estimate of drug-likeness (QED) is 0.387. The van der Waals surface area contributed by atoms with Crippen molar-refractivity contribution in [2.45, 2.75) is 13.8 Å². The topological polar surface area (TPSA) is 81.9 Å². The first-order valence-corrected chi connectivity index (χ1v) is 6.38. The number of nitrogens with two attached hydrogens (primary N) is 1. The summed E-state index contributed by atoms with van der Waals surface area (Å²) in [6.45, 7) is 8.44.